The molecular formula is C21H30N4O5S. The van der Waals surface area contributed by atoms with Crippen molar-refractivity contribution in [1.82, 2.24) is 14.1 Å². The summed E-state index contributed by atoms with van der Waals surface area (Å²) in [6, 6.07) is 4.95. The number of carbonyl (C=O) groups is 1. The fourth-order valence-corrected chi connectivity index (χ4v) is 5.05. The smallest absolute Gasteiger partial charge is 0.259 e. The first-order valence-corrected chi connectivity index (χ1v) is 11.9. The molecule has 0 radical (unpaired) electrons. The van der Waals surface area contributed by atoms with Gasteiger partial charge in [-0.05, 0) is 51.3 Å². The summed E-state index contributed by atoms with van der Waals surface area (Å²) < 4.78 is 34.6. The molecule has 170 valence electrons. The van der Waals surface area contributed by atoms with Crippen molar-refractivity contribution in [3.8, 4) is 0 Å². The number of nitrogens with one attached hydrogen (secondary N) is 1. The van der Waals surface area contributed by atoms with Gasteiger partial charge in [-0.2, -0.15) is 9.40 Å². The van der Waals surface area contributed by atoms with Gasteiger partial charge in [0.1, 0.15) is 0 Å². The van der Waals surface area contributed by atoms with Crippen molar-refractivity contribution < 1.29 is 23.1 Å². The number of morpholine rings is 1. The fourth-order valence-electron chi connectivity index (χ4n) is 3.39. The molecule has 1 fully saturated rings. The van der Waals surface area contributed by atoms with Crippen LogP contribution in [0.25, 0.3) is 0 Å². The Morgan fingerprint density at radius 3 is 2.65 bits per heavy atom. The van der Waals surface area contributed by atoms with Crippen molar-refractivity contribution in [3.05, 3.63) is 41.2 Å². The number of ether oxygens (including phenoxy) is 1. The maximum Gasteiger partial charge on any atom is 0.259 e. The van der Waals surface area contributed by atoms with Crippen molar-refractivity contribution in [2.24, 2.45) is 0 Å². The second-order valence-electron chi connectivity index (χ2n) is 7.84. The number of aliphatic hydroxyl groups is 1. The first-order chi connectivity index (χ1) is 14.7. The van der Waals surface area contributed by atoms with Crippen LogP contribution in [-0.4, -0.2) is 66.4 Å². The van der Waals surface area contributed by atoms with E-state index in [1.807, 2.05) is 13.8 Å². The van der Waals surface area contributed by atoms with E-state index in [0.717, 1.165) is 0 Å². The standard InChI is InChI=1S/C21H30N4O5S/c1-15(2)25-14-18(19(23-25)5-4-10-26)21(27)22-17-7-6-16(3)20(13-17)31(28,29)24-8-11-30-12-9-24/h6-7,13-15,26H,4-5,8-12H2,1-3H3,(H,22,27). The van der Waals surface area contributed by atoms with E-state index in [2.05, 4.69) is 10.4 Å². The molecule has 0 spiro atoms. The Morgan fingerprint density at radius 2 is 2.00 bits per heavy atom. The van der Waals surface area contributed by atoms with Crippen LogP contribution in [0.15, 0.2) is 29.3 Å². The van der Waals surface area contributed by atoms with Gasteiger partial charge in [0.25, 0.3) is 5.91 Å². The SMILES string of the molecule is Cc1ccc(NC(=O)c2cn(C(C)C)nc2CCCO)cc1S(=O)(=O)N1CCOCC1. The summed E-state index contributed by atoms with van der Waals surface area (Å²) in [5.74, 6) is -0.363. The molecule has 2 heterocycles. The largest absolute Gasteiger partial charge is 0.396 e. The lowest BCUT2D eigenvalue weighted by molar-refractivity contribution is 0.0730. The van der Waals surface area contributed by atoms with Crippen LogP contribution in [0.3, 0.4) is 0 Å². The lowest BCUT2D eigenvalue weighted by Crippen LogP contribution is -2.40. The Balaban J connectivity index is 1.86. The molecule has 1 amide bonds. The third-order valence-corrected chi connectivity index (χ3v) is 7.23. The van der Waals surface area contributed by atoms with Crippen LogP contribution < -0.4 is 5.32 Å². The Bertz CT molecular complexity index is 1030. The van der Waals surface area contributed by atoms with E-state index < -0.39 is 10.0 Å². The Labute approximate surface area is 183 Å². The van der Waals surface area contributed by atoms with Gasteiger partial charge in [0.15, 0.2) is 0 Å². The van der Waals surface area contributed by atoms with Crippen molar-refractivity contribution >= 4 is 21.6 Å². The van der Waals surface area contributed by atoms with Crippen LogP contribution in [0.1, 0.15) is 47.9 Å². The van der Waals surface area contributed by atoms with Crippen LogP contribution in [0.2, 0.25) is 0 Å². The highest BCUT2D eigenvalue weighted by atomic mass is 32.2. The molecule has 10 heteroatoms. The predicted molar refractivity (Wildman–Crippen MR) is 117 cm³/mol. The summed E-state index contributed by atoms with van der Waals surface area (Å²) in [5.41, 5.74) is 2.03. The Hall–Kier alpha value is -2.27. The average Bonchev–Trinajstić information content (AvgIpc) is 3.19. The third kappa shape index (κ3) is 5.32. The molecule has 2 N–H and O–H groups in total. The van der Waals surface area contributed by atoms with Gasteiger partial charge in [0, 0.05) is 37.6 Å². The van der Waals surface area contributed by atoms with Crippen LogP contribution in [-0.2, 0) is 21.2 Å². The number of anilines is 1. The predicted octanol–water partition coefficient (Wildman–Crippen LogP) is 1.97. The lowest BCUT2D eigenvalue weighted by Gasteiger charge is -2.26. The summed E-state index contributed by atoms with van der Waals surface area (Å²) in [6.07, 6.45) is 2.66. The molecule has 1 aromatic heterocycles. The lowest BCUT2D eigenvalue weighted by atomic mass is 10.1. The highest BCUT2D eigenvalue weighted by Gasteiger charge is 2.28. The Morgan fingerprint density at radius 1 is 1.29 bits per heavy atom. The highest BCUT2D eigenvalue weighted by Crippen LogP contribution is 2.25. The van der Waals surface area contributed by atoms with Gasteiger partial charge in [0.2, 0.25) is 10.0 Å². The zero-order valence-electron chi connectivity index (χ0n) is 18.2. The van der Waals surface area contributed by atoms with E-state index in [0.29, 0.717) is 61.7 Å². The maximum atomic E-state index is 13.1. The number of aromatic nitrogens is 2. The topological polar surface area (TPSA) is 114 Å². The molecule has 0 unspecified atom stereocenters. The van der Waals surface area contributed by atoms with E-state index in [1.165, 1.54) is 10.4 Å². The number of aryl methyl sites for hydroxylation is 2. The number of carbonyl (C=O) groups excluding carboxylic acids is 1. The maximum absolute atomic E-state index is 13.1. The van der Waals surface area contributed by atoms with Crippen LogP contribution >= 0.6 is 0 Å². The van der Waals surface area contributed by atoms with Crippen LogP contribution in [0.5, 0.6) is 0 Å². The van der Waals surface area contributed by atoms with Gasteiger partial charge < -0.3 is 15.2 Å². The second-order valence-corrected chi connectivity index (χ2v) is 9.75. The molecule has 3 rings (SSSR count). The molecule has 1 saturated heterocycles. The first-order valence-electron chi connectivity index (χ1n) is 10.4. The summed E-state index contributed by atoms with van der Waals surface area (Å²) >= 11 is 0. The van der Waals surface area contributed by atoms with Gasteiger partial charge >= 0.3 is 0 Å². The van der Waals surface area contributed by atoms with Crippen molar-refractivity contribution in [3.63, 3.8) is 0 Å². The highest BCUT2D eigenvalue weighted by molar-refractivity contribution is 7.89. The van der Waals surface area contributed by atoms with Crippen LogP contribution in [0, 0.1) is 6.92 Å². The minimum absolute atomic E-state index is 0.0102. The number of aliphatic hydroxyl groups excluding tert-OH is 1. The number of nitrogens with zero attached hydrogens (tertiary/aromatic N) is 3. The molecule has 9 nitrogen and oxygen atoms in total. The van der Waals surface area contributed by atoms with E-state index >= 15 is 0 Å². The molecule has 0 atom stereocenters. The van der Waals surface area contributed by atoms with Crippen molar-refractivity contribution in [2.75, 3.05) is 38.2 Å². The minimum atomic E-state index is -3.69. The zero-order chi connectivity index (χ0) is 22.6. The minimum Gasteiger partial charge on any atom is -0.396 e. The van der Waals surface area contributed by atoms with Crippen LogP contribution in [0.4, 0.5) is 5.69 Å². The summed E-state index contributed by atoms with van der Waals surface area (Å²) in [7, 11) is -3.69. The molecule has 0 bridgehead atoms. The number of sulfonamides is 1. The second kappa shape index (κ2) is 9.90. The summed E-state index contributed by atoms with van der Waals surface area (Å²) in [6.45, 7) is 7.02. The van der Waals surface area contributed by atoms with Gasteiger partial charge in [-0.1, -0.05) is 6.07 Å². The van der Waals surface area contributed by atoms with Gasteiger partial charge in [0.05, 0.1) is 29.4 Å². The van der Waals surface area contributed by atoms with E-state index in [9.17, 15) is 13.2 Å². The number of benzene rings is 1. The Kier molecular flexibility index (Phi) is 7.47. The van der Waals surface area contributed by atoms with Gasteiger partial charge in [-0.25, -0.2) is 8.42 Å². The first kappa shape index (κ1) is 23.4. The monoisotopic (exact) mass is 450 g/mol. The van der Waals surface area contributed by atoms with Gasteiger partial charge in [-0.3, -0.25) is 9.48 Å². The fraction of sp³-hybridized carbons (Fsp3) is 0.524. The number of amides is 1. The van der Waals surface area contributed by atoms with E-state index in [-0.39, 0.29) is 23.5 Å². The quantitative estimate of drug-likeness (QED) is 0.636. The van der Waals surface area contributed by atoms with Gasteiger partial charge in [-0.15, -0.1) is 0 Å². The van der Waals surface area contributed by atoms with E-state index in [4.69, 9.17) is 9.84 Å². The molecule has 0 saturated carbocycles. The zero-order valence-corrected chi connectivity index (χ0v) is 19.0. The summed E-state index contributed by atoms with van der Waals surface area (Å²) in [5, 5.41) is 16.4. The summed E-state index contributed by atoms with van der Waals surface area (Å²) in [4.78, 5) is 13.2. The van der Waals surface area contributed by atoms with Crippen molar-refractivity contribution in [2.45, 2.75) is 44.6 Å². The number of hydrogen-bond donors (Lipinski definition) is 2. The normalized spacial score (nSPS) is 15.4. The molecule has 0 aliphatic carbocycles. The molecular weight excluding hydrogens is 420 g/mol. The number of rotatable bonds is 8. The molecule has 1 aliphatic rings. The average molecular weight is 451 g/mol. The molecule has 1 aromatic carbocycles. The van der Waals surface area contributed by atoms with E-state index in [1.54, 1.807) is 29.9 Å². The van der Waals surface area contributed by atoms with Crippen molar-refractivity contribution in [1.29, 1.82) is 0 Å². The molecule has 2 aromatic rings. The number of hydrogen-bond acceptors (Lipinski definition) is 6. The molecule has 31 heavy (non-hydrogen) atoms. The molecule has 1 aliphatic heterocycles. The third-order valence-electron chi connectivity index (χ3n) is 5.19.